The SMILES string of the molecule is CCCC(NC(=O)OC)C(=O)NCCc1ccc(-c2ccc(C(F)(F)F)cc2)cc1. The standard InChI is InChI=1S/C22H25F3N2O3/c1-3-4-19(27-21(29)30-2)20(28)26-14-13-15-5-7-16(8-6-15)17-9-11-18(12-10-17)22(23,24)25/h5-12,19H,3-4,13-14H2,1-2H3,(H,26,28)(H,27,29). The van der Waals surface area contributed by atoms with Crippen molar-refractivity contribution in [3.63, 3.8) is 0 Å². The van der Waals surface area contributed by atoms with Gasteiger partial charge in [-0.05, 0) is 41.7 Å². The number of rotatable bonds is 8. The topological polar surface area (TPSA) is 67.4 Å². The number of methoxy groups -OCH3 is 1. The lowest BCUT2D eigenvalue weighted by atomic mass is 10.0. The zero-order valence-electron chi connectivity index (χ0n) is 16.9. The van der Waals surface area contributed by atoms with Crippen molar-refractivity contribution in [1.82, 2.24) is 10.6 Å². The van der Waals surface area contributed by atoms with Crippen molar-refractivity contribution < 1.29 is 27.5 Å². The van der Waals surface area contributed by atoms with E-state index in [1.165, 1.54) is 19.2 Å². The number of nitrogens with one attached hydrogen (secondary N) is 2. The molecular formula is C22H25F3N2O3. The van der Waals surface area contributed by atoms with Crippen LogP contribution in [0.3, 0.4) is 0 Å². The zero-order valence-corrected chi connectivity index (χ0v) is 16.9. The molecule has 0 aliphatic carbocycles. The quantitative estimate of drug-likeness (QED) is 0.656. The van der Waals surface area contributed by atoms with E-state index in [9.17, 15) is 22.8 Å². The predicted octanol–water partition coefficient (Wildman–Crippen LogP) is 4.56. The molecule has 0 aromatic heterocycles. The number of halogens is 3. The molecule has 2 amide bonds. The van der Waals surface area contributed by atoms with Crippen LogP contribution in [0.4, 0.5) is 18.0 Å². The number of carbonyl (C=O) groups excluding carboxylic acids is 2. The van der Waals surface area contributed by atoms with Crippen LogP contribution in [0.2, 0.25) is 0 Å². The minimum Gasteiger partial charge on any atom is -0.453 e. The van der Waals surface area contributed by atoms with E-state index < -0.39 is 23.9 Å². The summed E-state index contributed by atoms with van der Waals surface area (Å²) in [5.41, 5.74) is 1.79. The van der Waals surface area contributed by atoms with Gasteiger partial charge in [-0.25, -0.2) is 4.79 Å². The molecule has 2 rings (SSSR count). The number of benzene rings is 2. The van der Waals surface area contributed by atoms with Crippen molar-refractivity contribution in [1.29, 1.82) is 0 Å². The third-order valence-corrected chi connectivity index (χ3v) is 4.58. The van der Waals surface area contributed by atoms with Crippen molar-refractivity contribution in [2.45, 2.75) is 38.4 Å². The van der Waals surface area contributed by atoms with Crippen LogP contribution >= 0.6 is 0 Å². The molecular weight excluding hydrogens is 397 g/mol. The highest BCUT2D eigenvalue weighted by Crippen LogP contribution is 2.31. The van der Waals surface area contributed by atoms with Crippen molar-refractivity contribution in [3.05, 3.63) is 59.7 Å². The molecule has 5 nitrogen and oxygen atoms in total. The molecule has 162 valence electrons. The Balaban J connectivity index is 1.90. The van der Waals surface area contributed by atoms with Crippen LogP contribution in [-0.4, -0.2) is 31.7 Å². The fourth-order valence-electron chi connectivity index (χ4n) is 2.93. The van der Waals surface area contributed by atoms with Crippen molar-refractivity contribution in [2.75, 3.05) is 13.7 Å². The summed E-state index contributed by atoms with van der Waals surface area (Å²) in [6.45, 7) is 2.30. The summed E-state index contributed by atoms with van der Waals surface area (Å²) in [5.74, 6) is -0.274. The Morgan fingerprint density at radius 1 is 1.00 bits per heavy atom. The van der Waals surface area contributed by atoms with Crippen LogP contribution in [0.5, 0.6) is 0 Å². The van der Waals surface area contributed by atoms with Crippen LogP contribution in [0.1, 0.15) is 30.9 Å². The Hall–Kier alpha value is -3.03. The van der Waals surface area contributed by atoms with Gasteiger partial charge in [-0.15, -0.1) is 0 Å². The van der Waals surface area contributed by atoms with Crippen molar-refractivity contribution in [3.8, 4) is 11.1 Å². The monoisotopic (exact) mass is 422 g/mol. The third-order valence-electron chi connectivity index (χ3n) is 4.58. The normalized spacial score (nSPS) is 12.2. The van der Waals surface area contributed by atoms with Crippen LogP contribution < -0.4 is 10.6 Å². The van der Waals surface area contributed by atoms with E-state index in [4.69, 9.17) is 0 Å². The highest BCUT2D eigenvalue weighted by molar-refractivity contribution is 5.85. The molecule has 0 bridgehead atoms. The van der Waals surface area contributed by atoms with Crippen molar-refractivity contribution in [2.24, 2.45) is 0 Å². The van der Waals surface area contributed by atoms with Gasteiger partial charge in [0.15, 0.2) is 0 Å². The Labute approximate surface area is 173 Å². The number of hydrogen-bond acceptors (Lipinski definition) is 3. The summed E-state index contributed by atoms with van der Waals surface area (Å²) >= 11 is 0. The molecule has 1 unspecified atom stereocenters. The molecule has 2 aromatic carbocycles. The molecule has 0 saturated carbocycles. The number of alkyl halides is 3. The van der Waals surface area contributed by atoms with Gasteiger partial charge in [-0.1, -0.05) is 49.7 Å². The lowest BCUT2D eigenvalue weighted by Crippen LogP contribution is -2.47. The average Bonchev–Trinajstić information content (AvgIpc) is 2.73. The van der Waals surface area contributed by atoms with E-state index in [0.717, 1.165) is 29.7 Å². The lowest BCUT2D eigenvalue weighted by molar-refractivity contribution is -0.137. The van der Waals surface area contributed by atoms with E-state index >= 15 is 0 Å². The second-order valence-electron chi connectivity index (χ2n) is 6.79. The van der Waals surface area contributed by atoms with Crippen LogP contribution in [0.15, 0.2) is 48.5 Å². The van der Waals surface area contributed by atoms with Gasteiger partial charge < -0.3 is 15.4 Å². The molecule has 2 N–H and O–H groups in total. The summed E-state index contributed by atoms with van der Waals surface area (Å²) in [6, 6.07) is 11.8. The minimum absolute atomic E-state index is 0.274. The molecule has 0 fully saturated rings. The van der Waals surface area contributed by atoms with Crippen LogP contribution in [-0.2, 0) is 22.1 Å². The largest absolute Gasteiger partial charge is 0.453 e. The molecule has 0 aliphatic rings. The summed E-state index contributed by atoms with van der Waals surface area (Å²) in [4.78, 5) is 23.6. The van der Waals surface area contributed by atoms with E-state index in [0.29, 0.717) is 24.9 Å². The Bertz CT molecular complexity index is 834. The van der Waals surface area contributed by atoms with E-state index in [-0.39, 0.29) is 5.91 Å². The van der Waals surface area contributed by atoms with Crippen molar-refractivity contribution >= 4 is 12.0 Å². The Morgan fingerprint density at radius 2 is 1.57 bits per heavy atom. The number of carbonyl (C=O) groups is 2. The number of ether oxygens (including phenoxy) is 1. The van der Waals surface area contributed by atoms with Gasteiger partial charge in [0.2, 0.25) is 5.91 Å². The maximum atomic E-state index is 12.7. The Morgan fingerprint density at radius 3 is 2.07 bits per heavy atom. The first-order valence-electron chi connectivity index (χ1n) is 9.63. The highest BCUT2D eigenvalue weighted by Gasteiger charge is 2.29. The lowest BCUT2D eigenvalue weighted by Gasteiger charge is -2.17. The van der Waals surface area contributed by atoms with Gasteiger partial charge >= 0.3 is 12.3 Å². The summed E-state index contributed by atoms with van der Waals surface area (Å²) < 4.78 is 42.5. The first-order valence-corrected chi connectivity index (χ1v) is 9.63. The first-order chi connectivity index (χ1) is 14.2. The first kappa shape index (κ1) is 23.3. The number of hydrogen-bond donors (Lipinski definition) is 2. The molecule has 30 heavy (non-hydrogen) atoms. The van der Waals surface area contributed by atoms with Gasteiger partial charge in [-0.3, -0.25) is 4.79 Å². The summed E-state index contributed by atoms with van der Waals surface area (Å²) in [5, 5.41) is 5.31. The Kier molecular flexibility index (Phi) is 8.26. The summed E-state index contributed by atoms with van der Waals surface area (Å²) in [6.07, 6.45) is -3.19. The minimum atomic E-state index is -4.35. The van der Waals surface area contributed by atoms with Gasteiger partial charge in [0, 0.05) is 6.54 Å². The van der Waals surface area contributed by atoms with E-state index in [1.807, 2.05) is 31.2 Å². The predicted molar refractivity (Wildman–Crippen MR) is 108 cm³/mol. The molecule has 2 aromatic rings. The highest BCUT2D eigenvalue weighted by atomic mass is 19.4. The molecule has 0 radical (unpaired) electrons. The number of amides is 2. The molecule has 0 spiro atoms. The zero-order chi connectivity index (χ0) is 22.1. The maximum Gasteiger partial charge on any atom is 0.416 e. The molecule has 0 aliphatic heterocycles. The molecule has 8 heteroatoms. The van der Waals surface area contributed by atoms with Gasteiger partial charge in [0.25, 0.3) is 0 Å². The van der Waals surface area contributed by atoms with E-state index in [2.05, 4.69) is 15.4 Å². The van der Waals surface area contributed by atoms with Crippen LogP contribution in [0.25, 0.3) is 11.1 Å². The fourth-order valence-corrected chi connectivity index (χ4v) is 2.93. The second kappa shape index (κ2) is 10.7. The maximum absolute atomic E-state index is 12.7. The molecule has 0 heterocycles. The van der Waals surface area contributed by atoms with E-state index in [1.54, 1.807) is 0 Å². The van der Waals surface area contributed by atoms with Gasteiger partial charge in [-0.2, -0.15) is 13.2 Å². The van der Waals surface area contributed by atoms with Gasteiger partial charge in [0.05, 0.1) is 12.7 Å². The third kappa shape index (κ3) is 6.79. The fraction of sp³-hybridized carbons (Fsp3) is 0.364. The number of alkyl carbamates (subject to hydrolysis) is 1. The molecule has 0 saturated heterocycles. The average molecular weight is 422 g/mol. The molecule has 1 atom stereocenters. The van der Waals surface area contributed by atoms with Crippen LogP contribution in [0, 0.1) is 0 Å². The summed E-state index contributed by atoms with van der Waals surface area (Å²) in [7, 11) is 1.24. The smallest absolute Gasteiger partial charge is 0.416 e. The van der Waals surface area contributed by atoms with Gasteiger partial charge in [0.1, 0.15) is 6.04 Å². The second-order valence-corrected chi connectivity index (χ2v) is 6.79.